The number of carbonyl (C=O) groups excluding carboxylic acids is 3. The number of ether oxygens (including phenoxy) is 2. The number of hydrogen-bond donors (Lipinski definition) is 1. The van der Waals surface area contributed by atoms with E-state index in [9.17, 15) is 19.2 Å². The van der Waals surface area contributed by atoms with Crippen molar-refractivity contribution in [1.82, 2.24) is 10.2 Å². The zero-order valence-electron chi connectivity index (χ0n) is 25.6. The Balaban J connectivity index is 1.17. The number of hydrogen-bond acceptors (Lipinski definition) is 8. The second kappa shape index (κ2) is 13.6. The van der Waals surface area contributed by atoms with Gasteiger partial charge in [-0.2, -0.15) is 0 Å². The number of rotatable bonds is 10. The van der Waals surface area contributed by atoms with Crippen LogP contribution in [0.4, 0.5) is 0 Å². The van der Waals surface area contributed by atoms with E-state index in [1.165, 1.54) is 22.7 Å². The minimum atomic E-state index is -0.793. The molecule has 2 unspecified atom stereocenters. The molecular weight excluding hydrogens is 628 g/mol. The van der Waals surface area contributed by atoms with Crippen molar-refractivity contribution in [3.63, 3.8) is 0 Å². The molecule has 48 heavy (non-hydrogen) atoms. The molecule has 9 nitrogen and oxygen atoms in total. The fraction of sp³-hybridized carbons (Fsp3) is 0.158. The summed E-state index contributed by atoms with van der Waals surface area (Å²) < 4.78 is 17.6. The van der Waals surface area contributed by atoms with Gasteiger partial charge >= 0.3 is 11.6 Å². The van der Waals surface area contributed by atoms with Crippen LogP contribution in [-0.4, -0.2) is 46.5 Å². The van der Waals surface area contributed by atoms with Gasteiger partial charge in [0.2, 0.25) is 5.91 Å². The van der Waals surface area contributed by atoms with Crippen molar-refractivity contribution in [2.24, 2.45) is 0 Å². The third-order valence-corrected chi connectivity index (χ3v) is 9.54. The lowest BCUT2D eigenvalue weighted by Gasteiger charge is -2.49. The van der Waals surface area contributed by atoms with Crippen molar-refractivity contribution in [2.75, 3.05) is 12.4 Å². The lowest BCUT2D eigenvalue weighted by molar-refractivity contribution is -0.154. The summed E-state index contributed by atoms with van der Waals surface area (Å²) in [6.07, 6.45) is -0.600. The first-order valence-electron chi connectivity index (χ1n) is 15.4. The number of carbonyl (C=O) groups is 3. The van der Waals surface area contributed by atoms with E-state index in [1.54, 1.807) is 24.3 Å². The Labute approximate surface area is 280 Å². The number of fused-ring (bicyclic) bond motifs is 2. The first-order valence-corrected chi connectivity index (χ1v) is 16.5. The molecular formula is C38H30N2O7S. The first kappa shape index (κ1) is 31.0. The number of nitrogens with one attached hydrogen (secondary N) is 1. The van der Waals surface area contributed by atoms with Gasteiger partial charge in [0.05, 0.1) is 6.42 Å². The number of nitrogens with zero attached hydrogens (tertiary/aromatic N) is 1. The highest BCUT2D eigenvalue weighted by Crippen LogP contribution is 2.42. The Kier molecular flexibility index (Phi) is 8.80. The molecule has 0 radical (unpaired) electrons. The molecule has 2 aliphatic heterocycles. The molecule has 2 amide bonds. The number of esters is 1. The summed E-state index contributed by atoms with van der Waals surface area (Å²) >= 11 is 1.44. The van der Waals surface area contributed by atoms with E-state index in [4.69, 9.17) is 13.9 Å². The Hall–Kier alpha value is -5.61. The van der Waals surface area contributed by atoms with E-state index in [2.05, 4.69) is 5.32 Å². The summed E-state index contributed by atoms with van der Waals surface area (Å²) in [5, 5.41) is 3.11. The summed E-state index contributed by atoms with van der Waals surface area (Å²) in [4.78, 5) is 54.0. The van der Waals surface area contributed by atoms with Crippen LogP contribution < -0.4 is 15.7 Å². The van der Waals surface area contributed by atoms with Crippen LogP contribution >= 0.6 is 11.8 Å². The van der Waals surface area contributed by atoms with Gasteiger partial charge in [-0.3, -0.25) is 14.5 Å². The molecule has 2 atom stereocenters. The van der Waals surface area contributed by atoms with Crippen molar-refractivity contribution in [3.05, 3.63) is 160 Å². The van der Waals surface area contributed by atoms with Gasteiger partial charge in [0.15, 0.2) is 6.10 Å². The fourth-order valence-electron chi connectivity index (χ4n) is 5.84. The van der Waals surface area contributed by atoms with E-state index >= 15 is 0 Å². The first-order chi connectivity index (χ1) is 23.4. The third-order valence-electron chi connectivity index (χ3n) is 8.20. The van der Waals surface area contributed by atoms with Crippen molar-refractivity contribution < 1.29 is 28.3 Å². The van der Waals surface area contributed by atoms with Crippen LogP contribution in [0, 0.1) is 0 Å². The normalized spacial score (nSPS) is 17.1. The van der Waals surface area contributed by atoms with Gasteiger partial charge in [0.1, 0.15) is 35.1 Å². The van der Waals surface area contributed by atoms with Gasteiger partial charge in [-0.05, 0) is 34.9 Å². The minimum Gasteiger partial charge on any atom is -0.489 e. The molecule has 1 fully saturated rings. The van der Waals surface area contributed by atoms with E-state index in [0.717, 1.165) is 22.1 Å². The van der Waals surface area contributed by atoms with E-state index in [1.807, 2.05) is 91.0 Å². The standard InChI is InChI=1S/C38H30N2O7S/c41-31(20-24-10-4-1-5-11-24)39-33-36(43)40-34(38(44)47-35(26-12-6-2-7-13-26)27-14-8-3-9-15-27)28(23-48-37(33)40)22-45-29-18-16-25-17-19-32(42)46-30(25)21-29/h1-19,21,33,35,37H,20,22-23H2,(H,39,41). The highest BCUT2D eigenvalue weighted by atomic mass is 32.2. The molecule has 0 aliphatic carbocycles. The lowest BCUT2D eigenvalue weighted by Crippen LogP contribution is -2.70. The summed E-state index contributed by atoms with van der Waals surface area (Å²) in [7, 11) is 0. The molecule has 1 saturated heterocycles. The molecule has 1 aromatic heterocycles. The molecule has 0 spiro atoms. The predicted molar refractivity (Wildman–Crippen MR) is 181 cm³/mol. The van der Waals surface area contributed by atoms with Gasteiger partial charge in [-0.1, -0.05) is 91.0 Å². The van der Waals surface area contributed by atoms with Crippen molar-refractivity contribution in [3.8, 4) is 5.75 Å². The molecule has 0 saturated carbocycles. The lowest BCUT2D eigenvalue weighted by atomic mass is 10.0. The molecule has 5 aromatic rings. The van der Waals surface area contributed by atoms with Gasteiger partial charge in [-0.25, -0.2) is 9.59 Å². The Morgan fingerprint density at radius 3 is 2.19 bits per heavy atom. The largest absolute Gasteiger partial charge is 0.489 e. The maximum Gasteiger partial charge on any atom is 0.356 e. The quantitative estimate of drug-likeness (QED) is 0.121. The van der Waals surface area contributed by atoms with Crippen LogP contribution in [0.15, 0.2) is 142 Å². The maximum atomic E-state index is 14.2. The number of benzene rings is 4. The summed E-state index contributed by atoms with van der Waals surface area (Å²) in [6.45, 7) is -0.0249. The summed E-state index contributed by atoms with van der Waals surface area (Å²) in [5.74, 6) is -0.576. The number of thioether (sulfide) groups is 1. The number of amides is 2. The molecule has 4 aromatic carbocycles. The zero-order chi connectivity index (χ0) is 33.0. The molecule has 3 heterocycles. The van der Waals surface area contributed by atoms with Gasteiger partial charge in [0.25, 0.3) is 5.91 Å². The van der Waals surface area contributed by atoms with Crippen LogP contribution in [0.25, 0.3) is 11.0 Å². The number of β-lactam (4-membered cyclic amide) rings is 1. The minimum absolute atomic E-state index is 0.0249. The molecule has 7 rings (SSSR count). The van der Waals surface area contributed by atoms with Gasteiger partial charge in [0, 0.05) is 28.8 Å². The molecule has 240 valence electrons. The molecule has 2 aliphatic rings. The smallest absolute Gasteiger partial charge is 0.356 e. The summed E-state index contributed by atoms with van der Waals surface area (Å²) in [5.41, 5.74) is 2.92. The topological polar surface area (TPSA) is 115 Å². The van der Waals surface area contributed by atoms with Gasteiger partial charge < -0.3 is 19.2 Å². The van der Waals surface area contributed by atoms with Crippen molar-refractivity contribution >= 4 is 40.5 Å². The molecule has 10 heteroatoms. The van der Waals surface area contributed by atoms with Crippen LogP contribution in [0.1, 0.15) is 22.8 Å². The van der Waals surface area contributed by atoms with Crippen LogP contribution in [0.5, 0.6) is 5.75 Å². The van der Waals surface area contributed by atoms with Crippen LogP contribution in [0.2, 0.25) is 0 Å². The second-order valence-electron chi connectivity index (χ2n) is 11.4. The zero-order valence-corrected chi connectivity index (χ0v) is 26.4. The SMILES string of the molecule is O=C(Cc1ccccc1)NC1C(=O)N2C(C(=O)OC(c3ccccc3)c3ccccc3)=C(COc3ccc4ccc(=O)oc4c3)CSC12. The Morgan fingerprint density at radius 2 is 1.50 bits per heavy atom. The van der Waals surface area contributed by atoms with Gasteiger partial charge in [-0.15, -0.1) is 11.8 Å². The van der Waals surface area contributed by atoms with E-state index < -0.39 is 35.0 Å². The van der Waals surface area contributed by atoms with Crippen LogP contribution in [-0.2, 0) is 25.5 Å². The average Bonchev–Trinajstić information content (AvgIpc) is 3.12. The third kappa shape index (κ3) is 6.47. The summed E-state index contributed by atoms with van der Waals surface area (Å²) in [6, 6.07) is 35.4. The predicted octanol–water partition coefficient (Wildman–Crippen LogP) is 5.40. The molecule has 0 bridgehead atoms. The van der Waals surface area contributed by atoms with Crippen LogP contribution in [0.3, 0.4) is 0 Å². The second-order valence-corrected chi connectivity index (χ2v) is 12.5. The fourth-order valence-corrected chi connectivity index (χ4v) is 7.16. The van der Waals surface area contributed by atoms with Crippen molar-refractivity contribution in [2.45, 2.75) is 23.9 Å². The molecule has 1 N–H and O–H groups in total. The highest BCUT2D eigenvalue weighted by Gasteiger charge is 2.54. The maximum absolute atomic E-state index is 14.2. The Morgan fingerprint density at radius 1 is 0.854 bits per heavy atom. The Bertz CT molecular complexity index is 2030. The highest BCUT2D eigenvalue weighted by molar-refractivity contribution is 8.00. The van der Waals surface area contributed by atoms with Crippen molar-refractivity contribution in [1.29, 1.82) is 0 Å². The monoisotopic (exact) mass is 658 g/mol. The van der Waals surface area contributed by atoms with E-state index in [0.29, 0.717) is 22.7 Å². The van der Waals surface area contributed by atoms with E-state index in [-0.39, 0.29) is 24.6 Å². The average molecular weight is 659 g/mol.